The molecule has 1 fully saturated rings. The Kier molecular flexibility index (Phi) is 5.16. The Labute approximate surface area is 142 Å². The van der Waals surface area contributed by atoms with E-state index in [-0.39, 0.29) is 18.0 Å². The van der Waals surface area contributed by atoms with Gasteiger partial charge in [-0.05, 0) is 37.5 Å². The predicted octanol–water partition coefficient (Wildman–Crippen LogP) is 2.37. The van der Waals surface area contributed by atoms with Gasteiger partial charge in [0.1, 0.15) is 5.82 Å². The summed E-state index contributed by atoms with van der Waals surface area (Å²) in [7, 11) is 1.89. The first-order valence-electron chi connectivity index (χ1n) is 8.46. The minimum atomic E-state index is -0.248. The SMILES string of the molecule is CC(NCc1ccc(N2CCC(O)CC2)c(F)c1)c1cnn(C)c1. The van der Waals surface area contributed by atoms with Crippen LogP contribution in [-0.2, 0) is 13.6 Å². The van der Waals surface area contributed by atoms with Gasteiger partial charge >= 0.3 is 0 Å². The van der Waals surface area contributed by atoms with Crippen molar-refractivity contribution in [2.45, 2.75) is 38.5 Å². The van der Waals surface area contributed by atoms with Crippen LogP contribution >= 0.6 is 0 Å². The van der Waals surface area contributed by atoms with Gasteiger partial charge in [0.05, 0.1) is 18.0 Å². The lowest BCUT2D eigenvalue weighted by molar-refractivity contribution is 0.145. The van der Waals surface area contributed by atoms with E-state index in [4.69, 9.17) is 0 Å². The van der Waals surface area contributed by atoms with Crippen LogP contribution < -0.4 is 10.2 Å². The Bertz CT molecular complexity index is 679. The number of rotatable bonds is 5. The van der Waals surface area contributed by atoms with Crippen LogP contribution in [0.1, 0.15) is 36.9 Å². The van der Waals surface area contributed by atoms with Gasteiger partial charge < -0.3 is 15.3 Å². The zero-order valence-corrected chi connectivity index (χ0v) is 14.2. The minimum Gasteiger partial charge on any atom is -0.393 e. The maximum absolute atomic E-state index is 14.4. The molecule has 1 atom stereocenters. The van der Waals surface area contributed by atoms with Crippen LogP contribution in [-0.4, -0.2) is 34.1 Å². The van der Waals surface area contributed by atoms with Gasteiger partial charge in [0.25, 0.3) is 0 Å². The van der Waals surface area contributed by atoms with Crippen LogP contribution in [0.25, 0.3) is 0 Å². The number of hydrogen-bond donors (Lipinski definition) is 2. The molecule has 0 spiro atoms. The number of aryl methyl sites for hydroxylation is 1. The summed E-state index contributed by atoms with van der Waals surface area (Å²) in [6.07, 6.45) is 4.97. The summed E-state index contributed by atoms with van der Waals surface area (Å²) < 4.78 is 16.2. The van der Waals surface area contributed by atoms with Crippen molar-refractivity contribution in [3.05, 3.63) is 47.5 Å². The fourth-order valence-electron chi connectivity index (χ4n) is 3.08. The molecule has 1 saturated heterocycles. The molecule has 0 bridgehead atoms. The number of nitrogens with zero attached hydrogens (tertiary/aromatic N) is 3. The number of aliphatic hydroxyl groups excluding tert-OH is 1. The van der Waals surface area contributed by atoms with Gasteiger partial charge in [-0.3, -0.25) is 4.68 Å². The molecule has 24 heavy (non-hydrogen) atoms. The number of aliphatic hydroxyl groups is 1. The largest absolute Gasteiger partial charge is 0.393 e. The van der Waals surface area contributed by atoms with E-state index in [2.05, 4.69) is 17.3 Å². The van der Waals surface area contributed by atoms with Crippen molar-refractivity contribution in [3.8, 4) is 0 Å². The third kappa shape index (κ3) is 3.94. The molecule has 0 saturated carbocycles. The number of benzene rings is 1. The summed E-state index contributed by atoms with van der Waals surface area (Å²) in [4.78, 5) is 2.01. The number of hydrogen-bond acceptors (Lipinski definition) is 4. The molecule has 1 aliphatic rings. The Morgan fingerprint density at radius 1 is 1.38 bits per heavy atom. The van der Waals surface area contributed by atoms with Crippen molar-refractivity contribution in [2.24, 2.45) is 7.05 Å². The summed E-state index contributed by atoms with van der Waals surface area (Å²) in [5, 5.41) is 17.1. The third-order valence-corrected chi connectivity index (χ3v) is 4.65. The second-order valence-electron chi connectivity index (χ2n) is 6.55. The highest BCUT2D eigenvalue weighted by Gasteiger charge is 2.19. The highest BCUT2D eigenvalue weighted by molar-refractivity contribution is 5.49. The Morgan fingerprint density at radius 3 is 2.75 bits per heavy atom. The maximum Gasteiger partial charge on any atom is 0.146 e. The van der Waals surface area contributed by atoms with Crippen LogP contribution in [0.2, 0.25) is 0 Å². The minimum absolute atomic E-state index is 0.157. The molecule has 2 N–H and O–H groups in total. The molecule has 0 aliphatic carbocycles. The van der Waals surface area contributed by atoms with E-state index in [1.165, 1.54) is 0 Å². The van der Waals surface area contributed by atoms with Crippen molar-refractivity contribution in [3.63, 3.8) is 0 Å². The second kappa shape index (κ2) is 7.32. The van der Waals surface area contributed by atoms with Gasteiger partial charge in [0.15, 0.2) is 0 Å². The second-order valence-corrected chi connectivity index (χ2v) is 6.55. The first-order valence-corrected chi connectivity index (χ1v) is 8.46. The molecule has 3 rings (SSSR count). The van der Waals surface area contributed by atoms with Crippen molar-refractivity contribution in [2.75, 3.05) is 18.0 Å². The van der Waals surface area contributed by atoms with E-state index in [0.717, 1.165) is 11.1 Å². The molecule has 2 heterocycles. The molecule has 2 aromatic rings. The number of piperidine rings is 1. The third-order valence-electron chi connectivity index (χ3n) is 4.65. The molecule has 0 radical (unpaired) electrons. The number of halogens is 1. The number of nitrogens with one attached hydrogen (secondary N) is 1. The molecular formula is C18H25FN4O. The molecule has 1 aliphatic heterocycles. The molecule has 1 unspecified atom stereocenters. The summed E-state index contributed by atoms with van der Waals surface area (Å²) in [5.41, 5.74) is 2.66. The fraction of sp³-hybridized carbons (Fsp3) is 0.500. The average molecular weight is 332 g/mol. The van der Waals surface area contributed by atoms with E-state index < -0.39 is 0 Å². The van der Waals surface area contributed by atoms with Gasteiger partial charge in [-0.1, -0.05) is 6.07 Å². The van der Waals surface area contributed by atoms with Crippen molar-refractivity contribution in [1.82, 2.24) is 15.1 Å². The highest BCUT2D eigenvalue weighted by Crippen LogP contribution is 2.24. The Morgan fingerprint density at radius 2 is 2.12 bits per heavy atom. The van der Waals surface area contributed by atoms with E-state index in [0.29, 0.717) is 38.2 Å². The fourth-order valence-corrected chi connectivity index (χ4v) is 3.08. The zero-order valence-electron chi connectivity index (χ0n) is 14.2. The molecule has 1 aromatic carbocycles. The lowest BCUT2D eigenvalue weighted by Crippen LogP contribution is -2.36. The quantitative estimate of drug-likeness (QED) is 0.883. The normalized spacial score (nSPS) is 17.2. The smallest absolute Gasteiger partial charge is 0.146 e. The van der Waals surface area contributed by atoms with Crippen molar-refractivity contribution in [1.29, 1.82) is 0 Å². The first kappa shape index (κ1) is 16.9. The van der Waals surface area contributed by atoms with Crippen LogP contribution in [0, 0.1) is 5.82 Å². The van der Waals surface area contributed by atoms with E-state index in [1.54, 1.807) is 10.7 Å². The van der Waals surface area contributed by atoms with Gasteiger partial charge in [-0.25, -0.2) is 4.39 Å². The van der Waals surface area contributed by atoms with Gasteiger partial charge in [-0.15, -0.1) is 0 Å². The molecule has 5 nitrogen and oxygen atoms in total. The van der Waals surface area contributed by atoms with Crippen LogP contribution in [0.15, 0.2) is 30.6 Å². The predicted molar refractivity (Wildman–Crippen MR) is 92.3 cm³/mol. The first-order chi connectivity index (χ1) is 11.5. The Balaban J connectivity index is 1.60. The summed E-state index contributed by atoms with van der Waals surface area (Å²) in [6.45, 7) is 4.08. The van der Waals surface area contributed by atoms with Crippen LogP contribution in [0.4, 0.5) is 10.1 Å². The topological polar surface area (TPSA) is 53.3 Å². The van der Waals surface area contributed by atoms with Crippen LogP contribution in [0.3, 0.4) is 0 Å². The van der Waals surface area contributed by atoms with Gasteiger partial charge in [0, 0.05) is 44.5 Å². The standard InChI is InChI=1S/C18H25FN4O/c1-13(15-11-21-22(2)12-15)20-10-14-3-4-18(17(19)9-14)23-7-5-16(24)6-8-23/h3-4,9,11-13,16,20,24H,5-8,10H2,1-2H3. The molecule has 0 amide bonds. The number of aromatic nitrogens is 2. The Hall–Kier alpha value is -1.92. The molecular weight excluding hydrogens is 307 g/mol. The molecule has 6 heteroatoms. The maximum atomic E-state index is 14.4. The van der Waals surface area contributed by atoms with Gasteiger partial charge in [-0.2, -0.15) is 5.10 Å². The van der Waals surface area contributed by atoms with E-state index >= 15 is 0 Å². The molecule has 1 aromatic heterocycles. The van der Waals surface area contributed by atoms with Gasteiger partial charge in [0.2, 0.25) is 0 Å². The average Bonchev–Trinajstić information content (AvgIpc) is 3.00. The zero-order chi connectivity index (χ0) is 17.1. The van der Waals surface area contributed by atoms with E-state index in [1.807, 2.05) is 36.5 Å². The van der Waals surface area contributed by atoms with Crippen LogP contribution in [0.5, 0.6) is 0 Å². The monoisotopic (exact) mass is 332 g/mol. The summed E-state index contributed by atoms with van der Waals surface area (Å²) in [5.74, 6) is -0.195. The van der Waals surface area contributed by atoms with Crippen molar-refractivity contribution < 1.29 is 9.50 Å². The van der Waals surface area contributed by atoms with E-state index in [9.17, 15) is 9.50 Å². The molecule has 130 valence electrons. The number of anilines is 1. The summed E-state index contributed by atoms with van der Waals surface area (Å²) in [6, 6.07) is 5.57. The lowest BCUT2D eigenvalue weighted by atomic mass is 10.1. The lowest BCUT2D eigenvalue weighted by Gasteiger charge is -2.31. The highest BCUT2D eigenvalue weighted by atomic mass is 19.1. The van der Waals surface area contributed by atoms with Crippen molar-refractivity contribution >= 4 is 5.69 Å². The summed E-state index contributed by atoms with van der Waals surface area (Å²) >= 11 is 0.